The molecule has 1 aromatic rings. The van der Waals surface area contributed by atoms with Crippen molar-refractivity contribution in [3.8, 4) is 0 Å². The number of hydrogen-bond acceptors (Lipinski definition) is 3. The van der Waals surface area contributed by atoms with E-state index in [4.69, 9.17) is 17.3 Å². The number of aliphatic hydroxyl groups excluding tert-OH is 1. The Balaban J connectivity index is 2.34. The van der Waals surface area contributed by atoms with E-state index < -0.39 is 0 Å². The van der Waals surface area contributed by atoms with E-state index in [1.54, 1.807) is 0 Å². The predicted octanol–water partition coefficient (Wildman–Crippen LogP) is 2.27. The molecule has 1 heterocycles. The Kier molecular flexibility index (Phi) is 3.56. The van der Waals surface area contributed by atoms with Gasteiger partial charge in [-0.2, -0.15) is 0 Å². The molecule has 0 radical (unpaired) electrons. The van der Waals surface area contributed by atoms with Crippen LogP contribution in [-0.2, 0) is 0 Å². The number of benzene rings is 1. The van der Waals surface area contributed by atoms with E-state index in [2.05, 4.69) is 4.90 Å². The van der Waals surface area contributed by atoms with Crippen LogP contribution in [0.2, 0.25) is 5.02 Å². The highest BCUT2D eigenvalue weighted by Gasteiger charge is 2.24. The lowest BCUT2D eigenvalue weighted by atomic mass is 10.0. The van der Waals surface area contributed by atoms with Crippen LogP contribution in [0.3, 0.4) is 0 Å². The number of nitrogens with zero attached hydrogens (tertiary/aromatic N) is 1. The van der Waals surface area contributed by atoms with Crippen molar-refractivity contribution in [2.75, 3.05) is 23.8 Å². The van der Waals surface area contributed by atoms with Crippen LogP contribution in [0.15, 0.2) is 18.2 Å². The third kappa shape index (κ3) is 2.11. The maximum Gasteiger partial charge on any atom is 0.0792 e. The second-order valence-corrected chi connectivity index (χ2v) is 4.61. The van der Waals surface area contributed by atoms with Crippen molar-refractivity contribution >= 4 is 23.0 Å². The van der Waals surface area contributed by atoms with E-state index >= 15 is 0 Å². The van der Waals surface area contributed by atoms with Gasteiger partial charge in [0.25, 0.3) is 0 Å². The normalized spacial score (nSPS) is 21.1. The van der Waals surface area contributed by atoms with Gasteiger partial charge in [0.2, 0.25) is 0 Å². The molecule has 0 saturated carbocycles. The highest BCUT2D eigenvalue weighted by Crippen LogP contribution is 2.35. The number of para-hydroxylation sites is 1. The third-order valence-corrected chi connectivity index (χ3v) is 3.45. The van der Waals surface area contributed by atoms with E-state index in [1.165, 1.54) is 0 Å². The van der Waals surface area contributed by atoms with E-state index in [0.717, 1.165) is 31.5 Å². The van der Waals surface area contributed by atoms with Crippen molar-refractivity contribution in [1.82, 2.24) is 0 Å². The van der Waals surface area contributed by atoms with Crippen LogP contribution in [-0.4, -0.2) is 24.3 Å². The summed E-state index contributed by atoms with van der Waals surface area (Å²) < 4.78 is 0. The molecular formula is C12H17ClN2O. The van der Waals surface area contributed by atoms with Crippen molar-refractivity contribution in [3.05, 3.63) is 23.2 Å². The fourth-order valence-electron chi connectivity index (χ4n) is 2.32. The number of halogens is 1. The summed E-state index contributed by atoms with van der Waals surface area (Å²) in [4.78, 5) is 2.14. The summed E-state index contributed by atoms with van der Waals surface area (Å²) in [6.07, 6.45) is 3.29. The first-order valence-corrected chi connectivity index (χ1v) is 6.03. The van der Waals surface area contributed by atoms with Crippen molar-refractivity contribution in [2.24, 2.45) is 0 Å². The molecule has 0 amide bonds. The number of anilines is 2. The molecule has 1 fully saturated rings. The van der Waals surface area contributed by atoms with Gasteiger partial charge in [0.1, 0.15) is 0 Å². The molecular weight excluding hydrogens is 224 g/mol. The summed E-state index contributed by atoms with van der Waals surface area (Å²) >= 11 is 6.18. The van der Waals surface area contributed by atoms with Gasteiger partial charge in [-0.3, -0.25) is 0 Å². The van der Waals surface area contributed by atoms with Crippen LogP contribution < -0.4 is 10.6 Å². The maximum absolute atomic E-state index is 9.38. The van der Waals surface area contributed by atoms with E-state index in [0.29, 0.717) is 10.7 Å². The summed E-state index contributed by atoms with van der Waals surface area (Å²) in [5.74, 6) is 0. The number of rotatable bonds is 2. The summed E-state index contributed by atoms with van der Waals surface area (Å²) in [6, 6.07) is 5.69. The lowest BCUT2D eigenvalue weighted by Crippen LogP contribution is -2.42. The molecule has 1 aromatic carbocycles. The standard InChI is InChI=1S/C12H17ClN2O/c13-10-5-3-6-11(14)12(10)15-7-2-1-4-9(15)8-16/h3,5-6,9,16H,1-2,4,7-8,14H2. The Morgan fingerprint density at radius 3 is 2.94 bits per heavy atom. The first kappa shape index (κ1) is 11.6. The molecule has 0 bridgehead atoms. The molecule has 1 saturated heterocycles. The molecule has 2 rings (SSSR count). The van der Waals surface area contributed by atoms with E-state index in [9.17, 15) is 5.11 Å². The maximum atomic E-state index is 9.38. The molecule has 0 aliphatic carbocycles. The minimum absolute atomic E-state index is 0.149. The zero-order valence-electron chi connectivity index (χ0n) is 9.19. The Morgan fingerprint density at radius 2 is 2.25 bits per heavy atom. The predicted molar refractivity (Wildman–Crippen MR) is 67.9 cm³/mol. The lowest BCUT2D eigenvalue weighted by Gasteiger charge is -2.37. The minimum Gasteiger partial charge on any atom is -0.397 e. The van der Waals surface area contributed by atoms with Gasteiger partial charge < -0.3 is 15.7 Å². The van der Waals surface area contributed by atoms with E-state index in [-0.39, 0.29) is 12.6 Å². The molecule has 3 N–H and O–H groups in total. The number of piperidine rings is 1. The second kappa shape index (κ2) is 4.93. The van der Waals surface area contributed by atoms with Crippen molar-refractivity contribution in [2.45, 2.75) is 25.3 Å². The Hall–Kier alpha value is -0.930. The van der Waals surface area contributed by atoms with Crippen molar-refractivity contribution in [3.63, 3.8) is 0 Å². The zero-order valence-corrected chi connectivity index (χ0v) is 9.95. The van der Waals surface area contributed by atoms with Gasteiger partial charge in [0.05, 0.1) is 29.0 Å². The van der Waals surface area contributed by atoms with Gasteiger partial charge in [-0.1, -0.05) is 17.7 Å². The monoisotopic (exact) mass is 240 g/mol. The summed E-state index contributed by atoms with van der Waals surface area (Å²) in [6.45, 7) is 1.07. The van der Waals surface area contributed by atoms with Gasteiger partial charge in [-0.15, -0.1) is 0 Å². The van der Waals surface area contributed by atoms with Gasteiger partial charge >= 0.3 is 0 Å². The van der Waals surface area contributed by atoms with Crippen LogP contribution in [0.5, 0.6) is 0 Å². The molecule has 4 heteroatoms. The molecule has 0 aromatic heterocycles. The molecule has 88 valence electrons. The van der Waals surface area contributed by atoms with Crippen molar-refractivity contribution < 1.29 is 5.11 Å². The van der Waals surface area contributed by atoms with Gasteiger partial charge in [0.15, 0.2) is 0 Å². The first-order valence-electron chi connectivity index (χ1n) is 5.65. The van der Waals surface area contributed by atoms with Gasteiger partial charge in [0, 0.05) is 6.54 Å². The van der Waals surface area contributed by atoms with Crippen LogP contribution >= 0.6 is 11.6 Å². The average molecular weight is 241 g/mol. The average Bonchev–Trinajstić information content (AvgIpc) is 2.29. The number of aliphatic hydroxyl groups is 1. The highest BCUT2D eigenvalue weighted by molar-refractivity contribution is 6.34. The topological polar surface area (TPSA) is 49.5 Å². The molecule has 16 heavy (non-hydrogen) atoms. The lowest BCUT2D eigenvalue weighted by molar-refractivity contribution is 0.240. The molecule has 1 atom stereocenters. The third-order valence-electron chi connectivity index (χ3n) is 3.14. The molecule has 1 aliphatic heterocycles. The summed E-state index contributed by atoms with van der Waals surface area (Å²) in [7, 11) is 0. The number of nitrogen functional groups attached to an aromatic ring is 1. The zero-order chi connectivity index (χ0) is 11.5. The molecule has 1 aliphatic rings. The number of nitrogens with two attached hydrogens (primary N) is 1. The molecule has 0 spiro atoms. The summed E-state index contributed by atoms with van der Waals surface area (Å²) in [5, 5.41) is 10.0. The largest absolute Gasteiger partial charge is 0.397 e. The quantitative estimate of drug-likeness (QED) is 0.780. The Bertz CT molecular complexity index is 350. The van der Waals surface area contributed by atoms with Crippen LogP contribution in [0, 0.1) is 0 Å². The van der Waals surface area contributed by atoms with Gasteiger partial charge in [-0.05, 0) is 31.4 Å². The minimum atomic E-state index is 0.149. The smallest absolute Gasteiger partial charge is 0.0792 e. The SMILES string of the molecule is Nc1cccc(Cl)c1N1CCCCC1CO. The fraction of sp³-hybridized carbons (Fsp3) is 0.500. The van der Waals surface area contributed by atoms with Crippen LogP contribution in [0.4, 0.5) is 11.4 Å². The van der Waals surface area contributed by atoms with Crippen LogP contribution in [0.25, 0.3) is 0 Å². The Labute approximate surface area is 101 Å². The fourth-order valence-corrected chi connectivity index (χ4v) is 2.61. The van der Waals surface area contributed by atoms with Gasteiger partial charge in [-0.25, -0.2) is 0 Å². The van der Waals surface area contributed by atoms with Crippen molar-refractivity contribution in [1.29, 1.82) is 0 Å². The van der Waals surface area contributed by atoms with Crippen LogP contribution in [0.1, 0.15) is 19.3 Å². The Morgan fingerprint density at radius 1 is 1.44 bits per heavy atom. The second-order valence-electron chi connectivity index (χ2n) is 4.20. The molecule has 1 unspecified atom stereocenters. The summed E-state index contributed by atoms with van der Waals surface area (Å²) in [5.41, 5.74) is 7.53. The first-order chi connectivity index (χ1) is 7.74. The number of hydrogen-bond donors (Lipinski definition) is 2. The van der Waals surface area contributed by atoms with E-state index in [1.807, 2.05) is 18.2 Å². The molecule has 3 nitrogen and oxygen atoms in total. The highest BCUT2D eigenvalue weighted by atomic mass is 35.5.